The third-order valence-corrected chi connectivity index (χ3v) is 7.32. The number of nitriles is 1. The zero-order chi connectivity index (χ0) is 27.4. The molecule has 1 amide bonds. The summed E-state index contributed by atoms with van der Waals surface area (Å²) < 4.78 is 5.66. The number of fused-ring (bicyclic) bond motifs is 1. The first-order valence-electron chi connectivity index (χ1n) is 13.3. The van der Waals surface area contributed by atoms with E-state index in [1.165, 1.54) is 6.20 Å². The van der Waals surface area contributed by atoms with Crippen molar-refractivity contribution < 1.29 is 9.53 Å². The first-order valence-corrected chi connectivity index (χ1v) is 13.3. The third-order valence-electron chi connectivity index (χ3n) is 7.32. The van der Waals surface area contributed by atoms with Crippen molar-refractivity contribution in [2.24, 2.45) is 0 Å². The molecule has 3 aromatic rings. The van der Waals surface area contributed by atoms with Gasteiger partial charge in [0.1, 0.15) is 17.4 Å². The minimum Gasteiger partial charge on any atom is -0.492 e. The van der Waals surface area contributed by atoms with Gasteiger partial charge in [-0.2, -0.15) is 15.5 Å². The van der Waals surface area contributed by atoms with Crippen LogP contribution in [0.3, 0.4) is 0 Å². The first kappa shape index (κ1) is 27.2. The second-order valence-corrected chi connectivity index (χ2v) is 9.87. The smallest absolute Gasteiger partial charge is 0.254 e. The number of carbonyl (C=O) groups is 1. The van der Waals surface area contributed by atoms with E-state index >= 15 is 0 Å². The number of ether oxygens (including phenoxy) is 1. The van der Waals surface area contributed by atoms with Crippen molar-refractivity contribution in [3.05, 3.63) is 69.8 Å². The van der Waals surface area contributed by atoms with Crippen molar-refractivity contribution in [2.75, 3.05) is 33.3 Å². The van der Waals surface area contributed by atoms with Gasteiger partial charge < -0.3 is 14.5 Å². The molecule has 4 rings (SSSR count). The highest BCUT2D eigenvalue weighted by atomic mass is 16.5. The highest BCUT2D eigenvalue weighted by Gasteiger charge is 2.32. The Labute approximate surface area is 225 Å². The summed E-state index contributed by atoms with van der Waals surface area (Å²) in [6.45, 7) is 12.8. The van der Waals surface area contributed by atoms with Gasteiger partial charge >= 0.3 is 0 Å². The number of hydrogen-bond acceptors (Lipinski definition) is 7. The Balaban J connectivity index is 1.75. The van der Waals surface area contributed by atoms with Gasteiger partial charge in [-0.3, -0.25) is 9.78 Å². The van der Waals surface area contributed by atoms with Crippen LogP contribution in [-0.2, 0) is 12.8 Å². The highest BCUT2D eigenvalue weighted by molar-refractivity contribution is 5.99. The Hall–Kier alpha value is -3.83. The topological polar surface area (TPSA) is 95.2 Å². The molecule has 0 aliphatic carbocycles. The van der Waals surface area contributed by atoms with E-state index in [4.69, 9.17) is 4.74 Å². The number of carbonyl (C=O) groups excluding carboxylic acids is 1. The van der Waals surface area contributed by atoms with E-state index in [-0.39, 0.29) is 11.9 Å². The molecule has 1 aliphatic rings. The van der Waals surface area contributed by atoms with Crippen molar-refractivity contribution >= 4 is 5.91 Å². The molecular weight excluding hydrogens is 476 g/mol. The van der Waals surface area contributed by atoms with Crippen LogP contribution in [0, 0.1) is 25.2 Å². The maximum atomic E-state index is 14.0. The Kier molecular flexibility index (Phi) is 8.38. The van der Waals surface area contributed by atoms with Crippen molar-refractivity contribution in [1.82, 2.24) is 25.0 Å². The molecule has 8 nitrogen and oxygen atoms in total. The summed E-state index contributed by atoms with van der Waals surface area (Å²) in [7, 11) is 2.11. The van der Waals surface area contributed by atoms with Crippen LogP contribution in [0.5, 0.6) is 5.75 Å². The molecule has 1 atom stereocenters. The van der Waals surface area contributed by atoms with Gasteiger partial charge in [0.15, 0.2) is 0 Å². The van der Waals surface area contributed by atoms with Crippen LogP contribution in [0.2, 0.25) is 0 Å². The molecule has 2 aromatic heterocycles. The van der Waals surface area contributed by atoms with Gasteiger partial charge in [0.25, 0.3) is 5.91 Å². The van der Waals surface area contributed by atoms with Gasteiger partial charge in [0.05, 0.1) is 29.7 Å². The van der Waals surface area contributed by atoms with Gasteiger partial charge in [-0.25, -0.2) is 0 Å². The van der Waals surface area contributed by atoms with Crippen LogP contribution in [0.4, 0.5) is 0 Å². The van der Waals surface area contributed by atoms with Crippen molar-refractivity contribution in [2.45, 2.75) is 53.5 Å². The third kappa shape index (κ3) is 5.53. The summed E-state index contributed by atoms with van der Waals surface area (Å²) >= 11 is 0. The van der Waals surface area contributed by atoms with Crippen LogP contribution < -0.4 is 4.74 Å². The standard InChI is InChI=1S/C30H36N6O2/c1-7-35(6)11-9-22-14-26(25-13-19(3)33-34-20(25)4)24-10-12-36(30(37)27(24)15-22)21(5)28-16-29(38-8-2)23(17-31)18-32-28/h13-16,18,21H,7-12H2,1-6H3. The largest absolute Gasteiger partial charge is 0.492 e. The lowest BCUT2D eigenvalue weighted by Crippen LogP contribution is -2.40. The number of nitrogens with zero attached hydrogens (tertiary/aromatic N) is 6. The number of aromatic nitrogens is 3. The average molecular weight is 513 g/mol. The molecule has 0 fully saturated rings. The van der Waals surface area contributed by atoms with Crippen molar-refractivity contribution in [3.8, 4) is 22.9 Å². The van der Waals surface area contributed by atoms with Crippen molar-refractivity contribution in [3.63, 3.8) is 0 Å². The van der Waals surface area contributed by atoms with E-state index in [0.717, 1.165) is 65.1 Å². The lowest BCUT2D eigenvalue weighted by atomic mass is 9.86. The average Bonchev–Trinajstić information content (AvgIpc) is 2.92. The number of aryl methyl sites for hydroxylation is 2. The second-order valence-electron chi connectivity index (χ2n) is 9.87. The Morgan fingerprint density at radius 2 is 1.89 bits per heavy atom. The van der Waals surface area contributed by atoms with E-state index in [2.05, 4.69) is 58.3 Å². The zero-order valence-corrected chi connectivity index (χ0v) is 23.2. The fourth-order valence-electron chi connectivity index (χ4n) is 4.93. The minimum absolute atomic E-state index is 0.00814. The summed E-state index contributed by atoms with van der Waals surface area (Å²) in [5.74, 6) is 0.489. The molecule has 0 radical (unpaired) electrons. The highest BCUT2D eigenvalue weighted by Crippen LogP contribution is 2.36. The SMILES string of the molecule is CCOc1cc(C(C)N2CCc3c(cc(CCN(C)CC)cc3-c3cc(C)nnc3C)C2=O)ncc1C#N. The maximum absolute atomic E-state index is 14.0. The zero-order valence-electron chi connectivity index (χ0n) is 23.2. The quantitative estimate of drug-likeness (QED) is 0.411. The Bertz CT molecular complexity index is 1380. The summed E-state index contributed by atoms with van der Waals surface area (Å²) in [6.07, 6.45) is 3.10. The molecule has 1 aromatic carbocycles. The molecule has 3 heterocycles. The predicted molar refractivity (Wildman–Crippen MR) is 147 cm³/mol. The van der Waals surface area contributed by atoms with Gasteiger partial charge in [0.2, 0.25) is 0 Å². The van der Waals surface area contributed by atoms with Gasteiger partial charge in [-0.1, -0.05) is 13.0 Å². The summed E-state index contributed by atoms with van der Waals surface area (Å²) in [5, 5.41) is 18.0. The summed E-state index contributed by atoms with van der Waals surface area (Å²) in [4.78, 5) is 22.7. The number of benzene rings is 1. The van der Waals surface area contributed by atoms with Crippen LogP contribution >= 0.6 is 0 Å². The Morgan fingerprint density at radius 1 is 1.13 bits per heavy atom. The molecule has 8 heteroatoms. The molecule has 0 bridgehead atoms. The monoisotopic (exact) mass is 512 g/mol. The predicted octanol–water partition coefficient (Wildman–Crippen LogP) is 4.68. The number of likely N-dealkylation sites (N-methyl/N-ethyl adjacent to an activating group) is 1. The van der Waals surface area contributed by atoms with Crippen LogP contribution in [-0.4, -0.2) is 64.2 Å². The second kappa shape index (κ2) is 11.7. The lowest BCUT2D eigenvalue weighted by molar-refractivity contribution is 0.0669. The minimum atomic E-state index is -0.271. The molecule has 1 unspecified atom stereocenters. The molecule has 0 spiro atoms. The fraction of sp³-hybridized carbons (Fsp3) is 0.433. The van der Waals surface area contributed by atoms with E-state index in [1.54, 1.807) is 6.07 Å². The van der Waals surface area contributed by atoms with Crippen LogP contribution in [0.25, 0.3) is 11.1 Å². The lowest BCUT2D eigenvalue weighted by Gasteiger charge is -2.35. The van der Waals surface area contributed by atoms with E-state index in [9.17, 15) is 10.1 Å². The van der Waals surface area contributed by atoms with Gasteiger partial charge in [-0.05, 0) is 83.0 Å². The summed E-state index contributed by atoms with van der Waals surface area (Å²) in [5.41, 5.74) is 7.83. The van der Waals surface area contributed by atoms with E-state index in [1.807, 2.05) is 32.6 Å². The van der Waals surface area contributed by atoms with Crippen molar-refractivity contribution in [1.29, 1.82) is 5.26 Å². The number of pyridine rings is 1. The number of hydrogen-bond donors (Lipinski definition) is 0. The number of rotatable bonds is 9. The van der Waals surface area contributed by atoms with Gasteiger partial charge in [-0.15, -0.1) is 0 Å². The Morgan fingerprint density at radius 3 is 2.61 bits per heavy atom. The van der Waals surface area contributed by atoms with Gasteiger partial charge in [0, 0.05) is 36.5 Å². The normalized spacial score (nSPS) is 13.8. The molecule has 0 N–H and O–H groups in total. The molecule has 0 saturated carbocycles. The number of amides is 1. The van der Waals surface area contributed by atoms with E-state index in [0.29, 0.717) is 30.2 Å². The van der Waals surface area contributed by atoms with Crippen LogP contribution in [0.1, 0.15) is 70.9 Å². The first-order chi connectivity index (χ1) is 18.3. The fourth-order valence-corrected chi connectivity index (χ4v) is 4.93. The molecule has 38 heavy (non-hydrogen) atoms. The molecule has 0 saturated heterocycles. The van der Waals surface area contributed by atoms with Crippen LogP contribution in [0.15, 0.2) is 30.5 Å². The van der Waals surface area contributed by atoms with E-state index < -0.39 is 0 Å². The molecular formula is C30H36N6O2. The molecule has 198 valence electrons. The maximum Gasteiger partial charge on any atom is 0.254 e. The summed E-state index contributed by atoms with van der Waals surface area (Å²) in [6, 6.07) is 10.0. The molecule has 1 aliphatic heterocycles.